The highest BCUT2D eigenvalue weighted by Gasteiger charge is 2.14. The van der Waals surface area contributed by atoms with Gasteiger partial charge in [-0.15, -0.1) is 0 Å². The van der Waals surface area contributed by atoms with Crippen molar-refractivity contribution in [2.75, 3.05) is 18.5 Å². The molecule has 96 valence electrons. The number of anilines is 1. The van der Waals surface area contributed by atoms with Crippen LogP contribution in [-0.2, 0) is 0 Å². The van der Waals surface area contributed by atoms with E-state index < -0.39 is 0 Å². The maximum atomic E-state index is 10.7. The Morgan fingerprint density at radius 3 is 2.24 bits per heavy atom. The highest BCUT2D eigenvalue weighted by molar-refractivity contribution is 5.62. The first-order valence-corrected chi connectivity index (χ1v) is 6.02. The van der Waals surface area contributed by atoms with Gasteiger partial charge in [-0.05, 0) is 12.5 Å². The normalized spacial score (nSPS) is 9.18. The van der Waals surface area contributed by atoms with Crippen LogP contribution in [-0.4, -0.2) is 18.5 Å². The first-order chi connectivity index (χ1) is 8.08. The lowest BCUT2D eigenvalue weighted by Gasteiger charge is -2.17. The smallest absolute Gasteiger partial charge is 0.292 e. The molecule has 0 aromatic heterocycles. The minimum Gasteiger partial charge on any atom is -0.369 e. The number of hydrogen-bond donors (Lipinski definition) is 0. The van der Waals surface area contributed by atoms with Crippen LogP contribution in [0, 0.1) is 10.1 Å². The van der Waals surface area contributed by atoms with E-state index in [1.807, 2.05) is 24.9 Å². The summed E-state index contributed by atoms with van der Waals surface area (Å²) in [6.45, 7) is 7.12. The number of nitro benzene ring substituents is 1. The van der Waals surface area contributed by atoms with Gasteiger partial charge in [0.15, 0.2) is 0 Å². The third kappa shape index (κ3) is 5.33. The van der Waals surface area contributed by atoms with Crippen molar-refractivity contribution >= 4 is 11.4 Å². The summed E-state index contributed by atoms with van der Waals surface area (Å²) in [6.07, 6.45) is 2.22. The van der Waals surface area contributed by atoms with Crippen LogP contribution in [0.2, 0.25) is 0 Å². The fourth-order valence-corrected chi connectivity index (χ4v) is 1.40. The fourth-order valence-electron chi connectivity index (χ4n) is 1.40. The van der Waals surface area contributed by atoms with Crippen LogP contribution >= 0.6 is 0 Å². The Kier molecular flexibility index (Phi) is 7.76. The van der Waals surface area contributed by atoms with E-state index in [4.69, 9.17) is 0 Å². The van der Waals surface area contributed by atoms with Gasteiger partial charge in [0.25, 0.3) is 5.69 Å². The summed E-state index contributed by atoms with van der Waals surface area (Å²) in [7, 11) is 1.87. The van der Waals surface area contributed by atoms with Crippen molar-refractivity contribution in [2.24, 2.45) is 0 Å². The predicted octanol–water partition coefficient (Wildman–Crippen LogP) is 3.86. The topological polar surface area (TPSA) is 46.4 Å². The van der Waals surface area contributed by atoms with Crippen molar-refractivity contribution in [3.63, 3.8) is 0 Å². The lowest BCUT2D eigenvalue weighted by atomic mass is 10.2. The Morgan fingerprint density at radius 1 is 1.24 bits per heavy atom. The van der Waals surface area contributed by atoms with Crippen molar-refractivity contribution in [2.45, 2.75) is 33.6 Å². The molecule has 0 aliphatic carbocycles. The van der Waals surface area contributed by atoms with E-state index in [0.29, 0.717) is 5.69 Å². The van der Waals surface area contributed by atoms with E-state index in [1.165, 1.54) is 12.5 Å². The van der Waals surface area contributed by atoms with Crippen LogP contribution in [0.4, 0.5) is 11.4 Å². The molecule has 0 atom stereocenters. The molecule has 1 aromatic carbocycles. The van der Waals surface area contributed by atoms with Gasteiger partial charge in [-0.1, -0.05) is 39.3 Å². The van der Waals surface area contributed by atoms with Gasteiger partial charge < -0.3 is 4.90 Å². The Labute approximate surface area is 103 Å². The van der Waals surface area contributed by atoms with Crippen molar-refractivity contribution in [1.29, 1.82) is 0 Å². The van der Waals surface area contributed by atoms with Crippen molar-refractivity contribution in [1.82, 2.24) is 0 Å². The number of para-hydroxylation sites is 2. The largest absolute Gasteiger partial charge is 0.369 e. The average Bonchev–Trinajstić information content (AvgIpc) is 2.30. The second-order valence-electron chi connectivity index (χ2n) is 3.87. The lowest BCUT2D eigenvalue weighted by Crippen LogP contribution is -2.18. The summed E-state index contributed by atoms with van der Waals surface area (Å²) >= 11 is 0. The first kappa shape index (κ1) is 15.4. The summed E-state index contributed by atoms with van der Waals surface area (Å²) in [5.74, 6) is 0. The van der Waals surface area contributed by atoms with E-state index in [0.717, 1.165) is 13.0 Å². The third-order valence-corrected chi connectivity index (χ3v) is 2.05. The molecular weight excluding hydrogens is 216 g/mol. The molecule has 0 unspecified atom stereocenters. The predicted molar refractivity (Wildman–Crippen MR) is 72.6 cm³/mol. The van der Waals surface area contributed by atoms with Crippen LogP contribution < -0.4 is 4.90 Å². The van der Waals surface area contributed by atoms with Gasteiger partial charge in [-0.25, -0.2) is 0 Å². The number of benzene rings is 1. The van der Waals surface area contributed by atoms with Crippen molar-refractivity contribution in [3.05, 3.63) is 34.4 Å². The Morgan fingerprint density at radius 2 is 1.76 bits per heavy atom. The molecular formula is C13H22N2O2. The molecule has 0 saturated carbocycles. The number of nitro groups is 1. The minimum atomic E-state index is -0.346. The molecule has 0 heterocycles. The van der Waals surface area contributed by atoms with Gasteiger partial charge >= 0.3 is 0 Å². The van der Waals surface area contributed by atoms with Gasteiger partial charge in [0.05, 0.1) is 4.92 Å². The molecule has 0 aliphatic heterocycles. The van der Waals surface area contributed by atoms with E-state index >= 15 is 0 Å². The SMILES string of the molecule is CCC.CCCN(C)c1ccccc1[N+](=O)[O-]. The van der Waals surface area contributed by atoms with Gasteiger partial charge in [0.2, 0.25) is 0 Å². The zero-order chi connectivity index (χ0) is 13.3. The Bertz CT molecular complexity index is 340. The second kappa shape index (κ2) is 8.56. The number of nitrogens with zero attached hydrogens (tertiary/aromatic N) is 2. The quantitative estimate of drug-likeness (QED) is 0.591. The summed E-state index contributed by atoms with van der Waals surface area (Å²) in [6, 6.07) is 6.80. The van der Waals surface area contributed by atoms with Crippen LogP contribution in [0.5, 0.6) is 0 Å². The van der Waals surface area contributed by atoms with Crippen molar-refractivity contribution in [3.8, 4) is 0 Å². The molecule has 0 N–H and O–H groups in total. The van der Waals surface area contributed by atoms with E-state index in [2.05, 4.69) is 13.8 Å². The highest BCUT2D eigenvalue weighted by atomic mass is 16.6. The summed E-state index contributed by atoms with van der Waals surface area (Å²) < 4.78 is 0. The summed E-state index contributed by atoms with van der Waals surface area (Å²) in [5, 5.41) is 10.7. The standard InChI is InChI=1S/C10H14N2O2.C3H8/c1-3-8-11(2)9-6-4-5-7-10(9)12(13)14;1-3-2/h4-7H,3,8H2,1-2H3;3H2,1-2H3. The van der Waals surface area contributed by atoms with Gasteiger partial charge in [-0.3, -0.25) is 10.1 Å². The molecule has 17 heavy (non-hydrogen) atoms. The maximum absolute atomic E-state index is 10.7. The molecule has 4 heteroatoms. The minimum absolute atomic E-state index is 0.170. The molecule has 0 aliphatic rings. The first-order valence-electron chi connectivity index (χ1n) is 6.02. The third-order valence-electron chi connectivity index (χ3n) is 2.05. The van der Waals surface area contributed by atoms with E-state index in [1.54, 1.807) is 12.1 Å². The van der Waals surface area contributed by atoms with Crippen LogP contribution in [0.25, 0.3) is 0 Å². The molecule has 1 aromatic rings. The summed E-state index contributed by atoms with van der Waals surface area (Å²) in [4.78, 5) is 12.3. The molecule has 0 bridgehead atoms. The molecule has 0 spiro atoms. The Balaban J connectivity index is 0.000000770. The number of hydrogen-bond acceptors (Lipinski definition) is 3. The van der Waals surface area contributed by atoms with E-state index in [-0.39, 0.29) is 10.6 Å². The van der Waals surface area contributed by atoms with Gasteiger partial charge in [0.1, 0.15) is 5.69 Å². The van der Waals surface area contributed by atoms with E-state index in [9.17, 15) is 10.1 Å². The average molecular weight is 238 g/mol. The van der Waals surface area contributed by atoms with Crippen LogP contribution in [0.15, 0.2) is 24.3 Å². The summed E-state index contributed by atoms with van der Waals surface area (Å²) in [5.41, 5.74) is 0.850. The van der Waals surface area contributed by atoms with Crippen LogP contribution in [0.1, 0.15) is 33.6 Å². The van der Waals surface area contributed by atoms with Gasteiger partial charge in [0, 0.05) is 19.7 Å². The van der Waals surface area contributed by atoms with Crippen LogP contribution in [0.3, 0.4) is 0 Å². The zero-order valence-corrected chi connectivity index (χ0v) is 11.1. The zero-order valence-electron chi connectivity index (χ0n) is 11.1. The number of rotatable bonds is 4. The van der Waals surface area contributed by atoms with Crippen molar-refractivity contribution < 1.29 is 4.92 Å². The molecule has 1 rings (SSSR count). The maximum Gasteiger partial charge on any atom is 0.292 e. The monoisotopic (exact) mass is 238 g/mol. The fraction of sp³-hybridized carbons (Fsp3) is 0.538. The van der Waals surface area contributed by atoms with Gasteiger partial charge in [-0.2, -0.15) is 0 Å². The molecule has 4 nitrogen and oxygen atoms in total. The molecule has 0 radical (unpaired) electrons. The molecule has 0 amide bonds. The lowest BCUT2D eigenvalue weighted by molar-refractivity contribution is -0.384. The molecule has 0 fully saturated rings. The highest BCUT2D eigenvalue weighted by Crippen LogP contribution is 2.26. The second-order valence-corrected chi connectivity index (χ2v) is 3.87. The Hall–Kier alpha value is -1.58. The molecule has 0 saturated heterocycles.